The van der Waals surface area contributed by atoms with Crippen LogP contribution in [0.15, 0.2) is 24.3 Å². The Morgan fingerprint density at radius 3 is 2.21 bits per heavy atom. The summed E-state index contributed by atoms with van der Waals surface area (Å²) in [7, 11) is 1.24. The van der Waals surface area contributed by atoms with E-state index in [9.17, 15) is 19.4 Å². The quantitative estimate of drug-likeness (QED) is 0.0758. The highest BCUT2D eigenvalue weighted by Gasteiger charge is 2.16. The number of esters is 1. The number of nitrogens with zero attached hydrogens (tertiary/aromatic N) is 1. The van der Waals surface area contributed by atoms with Crippen LogP contribution in [0, 0.1) is 0 Å². The summed E-state index contributed by atoms with van der Waals surface area (Å²) >= 11 is 0. The molecule has 34 heavy (non-hydrogen) atoms. The summed E-state index contributed by atoms with van der Waals surface area (Å²) in [5.74, 6) is -0.404. The Balaban J connectivity index is 3.65. The fourth-order valence-corrected chi connectivity index (χ4v) is 3.58. The van der Waals surface area contributed by atoms with Crippen molar-refractivity contribution in [2.24, 2.45) is 0 Å². The maximum absolute atomic E-state index is 11.8. The molecular formula is C25H48NO7P. The van der Waals surface area contributed by atoms with E-state index < -0.39 is 26.5 Å². The number of carbonyl (C=O) groups excluding carboxylic acids is 1. The number of carbonyl (C=O) groups is 1. The Bertz CT molecular complexity index is 617. The normalized spacial score (nSPS) is 15.1. The lowest BCUT2D eigenvalue weighted by Crippen LogP contribution is -2.37. The third-order valence-electron chi connectivity index (χ3n) is 4.95. The van der Waals surface area contributed by atoms with Gasteiger partial charge in [-0.25, -0.2) is 0 Å². The van der Waals surface area contributed by atoms with Crippen molar-refractivity contribution in [3.05, 3.63) is 24.3 Å². The van der Waals surface area contributed by atoms with E-state index in [2.05, 4.69) is 35.8 Å². The lowest BCUT2D eigenvalue weighted by molar-refractivity contribution is -0.870. The molecule has 0 aliphatic rings. The average Bonchev–Trinajstić information content (AvgIpc) is 2.75. The van der Waals surface area contributed by atoms with Gasteiger partial charge in [0.05, 0.1) is 27.7 Å². The third kappa shape index (κ3) is 24.1. The minimum Gasteiger partial charge on any atom is -0.756 e. The van der Waals surface area contributed by atoms with Gasteiger partial charge in [-0.1, -0.05) is 63.3 Å². The summed E-state index contributed by atoms with van der Waals surface area (Å²) in [4.78, 5) is 23.4. The Morgan fingerprint density at radius 1 is 0.941 bits per heavy atom. The molecule has 0 amide bonds. The van der Waals surface area contributed by atoms with Crippen LogP contribution in [0.2, 0.25) is 0 Å². The summed E-state index contributed by atoms with van der Waals surface area (Å²) in [5.41, 5.74) is 0. The van der Waals surface area contributed by atoms with Gasteiger partial charge in [0.2, 0.25) is 0 Å². The van der Waals surface area contributed by atoms with Crippen LogP contribution in [0.25, 0.3) is 0 Å². The lowest BCUT2D eigenvalue weighted by Gasteiger charge is -2.27. The monoisotopic (exact) mass is 505 g/mol. The van der Waals surface area contributed by atoms with Gasteiger partial charge in [0.15, 0.2) is 0 Å². The number of hydrogen-bond acceptors (Lipinski definition) is 7. The van der Waals surface area contributed by atoms with Gasteiger partial charge in [0.25, 0.3) is 7.82 Å². The number of unbranched alkanes of at least 4 members (excludes halogenated alkanes) is 7. The zero-order chi connectivity index (χ0) is 25.7. The number of likely N-dealkylation sites (N-methyl/N-ethyl adjacent to an activating group) is 1. The van der Waals surface area contributed by atoms with E-state index >= 15 is 0 Å². The van der Waals surface area contributed by atoms with Crippen LogP contribution in [0.5, 0.6) is 0 Å². The summed E-state index contributed by atoms with van der Waals surface area (Å²) < 4.78 is 26.6. The van der Waals surface area contributed by atoms with Crippen LogP contribution in [-0.2, 0) is 23.1 Å². The van der Waals surface area contributed by atoms with E-state index in [1.165, 1.54) is 19.3 Å². The number of phosphoric ester groups is 1. The summed E-state index contributed by atoms with van der Waals surface area (Å²) in [6, 6.07) is 0. The Kier molecular flexibility index (Phi) is 19.6. The summed E-state index contributed by atoms with van der Waals surface area (Å²) in [6.45, 7) is 1.86. The molecule has 0 radical (unpaired) electrons. The van der Waals surface area contributed by atoms with Crippen molar-refractivity contribution in [3.8, 4) is 0 Å². The summed E-state index contributed by atoms with van der Waals surface area (Å²) in [5, 5.41) is 9.78. The smallest absolute Gasteiger partial charge is 0.305 e. The van der Waals surface area contributed by atoms with Gasteiger partial charge >= 0.3 is 5.97 Å². The number of rotatable bonds is 22. The minimum absolute atomic E-state index is 0.0111. The molecule has 0 aromatic carbocycles. The first-order valence-corrected chi connectivity index (χ1v) is 14.1. The highest BCUT2D eigenvalue weighted by molar-refractivity contribution is 7.45. The molecule has 8 nitrogen and oxygen atoms in total. The van der Waals surface area contributed by atoms with Crippen LogP contribution >= 0.6 is 7.82 Å². The van der Waals surface area contributed by atoms with Crippen LogP contribution < -0.4 is 4.89 Å². The molecule has 0 saturated carbocycles. The molecule has 0 rings (SSSR count). The molecule has 0 bridgehead atoms. The van der Waals surface area contributed by atoms with Gasteiger partial charge in [-0.05, 0) is 32.1 Å². The number of hydrogen-bond donors (Lipinski definition) is 1. The van der Waals surface area contributed by atoms with Crippen LogP contribution in [0.1, 0.15) is 77.6 Å². The summed E-state index contributed by atoms with van der Waals surface area (Å²) in [6.07, 6.45) is 18.8. The number of aliphatic hydroxyl groups excluding tert-OH is 1. The Labute approximate surface area is 207 Å². The molecular weight excluding hydrogens is 457 g/mol. The van der Waals surface area contributed by atoms with Crippen molar-refractivity contribution in [2.75, 3.05) is 47.5 Å². The van der Waals surface area contributed by atoms with Gasteiger partial charge in [-0.2, -0.15) is 0 Å². The molecule has 0 fully saturated rings. The van der Waals surface area contributed by atoms with Crippen molar-refractivity contribution >= 4 is 13.8 Å². The fraction of sp³-hybridized carbons (Fsp3) is 0.800. The molecule has 0 spiro atoms. The molecule has 0 aliphatic carbocycles. The standard InChI is InChI=1S/C25H48NO7P/c1-5-6-7-8-9-10-11-12-13-14-15-16-17-18-19-25(28)31-22-24(27)23-33-34(29,30)32-21-20-26(2,3)4/h8-9,11-12,24,27H,5-7,10,13-23H2,1-4H3/b9-8-,12-11-/t24-/m1/s1. The minimum atomic E-state index is -4.49. The predicted molar refractivity (Wildman–Crippen MR) is 134 cm³/mol. The van der Waals surface area contributed by atoms with Crippen molar-refractivity contribution in [1.82, 2.24) is 0 Å². The molecule has 2 atom stereocenters. The largest absolute Gasteiger partial charge is 0.756 e. The van der Waals surface area contributed by atoms with Crippen LogP contribution in [-0.4, -0.2) is 69.2 Å². The number of quaternary nitrogens is 1. The van der Waals surface area contributed by atoms with E-state index in [1.54, 1.807) is 0 Å². The van der Waals surface area contributed by atoms with Gasteiger partial charge in [-0.15, -0.1) is 0 Å². The molecule has 0 aromatic rings. The van der Waals surface area contributed by atoms with Gasteiger partial charge in [0.1, 0.15) is 25.9 Å². The van der Waals surface area contributed by atoms with Crippen LogP contribution in [0.3, 0.4) is 0 Å². The van der Waals surface area contributed by atoms with Crippen LogP contribution in [0.4, 0.5) is 0 Å². The molecule has 1 N–H and O–H groups in total. The van der Waals surface area contributed by atoms with E-state index in [4.69, 9.17) is 9.26 Å². The first-order chi connectivity index (χ1) is 16.1. The number of aliphatic hydroxyl groups is 1. The van der Waals surface area contributed by atoms with E-state index in [-0.39, 0.29) is 19.6 Å². The van der Waals surface area contributed by atoms with E-state index in [0.717, 1.165) is 44.9 Å². The van der Waals surface area contributed by atoms with E-state index in [1.807, 2.05) is 21.1 Å². The molecule has 0 aromatic heterocycles. The van der Waals surface area contributed by atoms with Gasteiger partial charge < -0.3 is 28.3 Å². The average molecular weight is 506 g/mol. The number of phosphoric acid groups is 1. The molecule has 0 heterocycles. The van der Waals surface area contributed by atoms with Gasteiger partial charge in [-0.3, -0.25) is 9.36 Å². The predicted octanol–water partition coefficient (Wildman–Crippen LogP) is 4.52. The van der Waals surface area contributed by atoms with Crippen molar-refractivity contribution in [3.63, 3.8) is 0 Å². The van der Waals surface area contributed by atoms with Gasteiger partial charge in [0, 0.05) is 6.42 Å². The maximum atomic E-state index is 11.8. The Hall–Kier alpha value is -1.02. The SMILES string of the molecule is CCCC/C=C\C/C=C\CCCCCCCC(=O)OC[C@@H](O)COP(=O)([O-])OCC[N+](C)(C)C. The highest BCUT2D eigenvalue weighted by atomic mass is 31.2. The second-order valence-corrected chi connectivity index (χ2v) is 11.0. The topological polar surface area (TPSA) is 105 Å². The zero-order valence-electron chi connectivity index (χ0n) is 21.8. The maximum Gasteiger partial charge on any atom is 0.305 e. The first-order valence-electron chi connectivity index (χ1n) is 12.6. The van der Waals surface area contributed by atoms with Crippen molar-refractivity contribution < 1.29 is 37.6 Å². The number of allylic oxidation sites excluding steroid dienone is 4. The molecule has 9 heteroatoms. The van der Waals surface area contributed by atoms with Crippen molar-refractivity contribution in [1.29, 1.82) is 0 Å². The molecule has 1 unspecified atom stereocenters. The fourth-order valence-electron chi connectivity index (χ4n) is 2.84. The van der Waals surface area contributed by atoms with E-state index in [0.29, 0.717) is 11.0 Å². The zero-order valence-corrected chi connectivity index (χ0v) is 22.7. The second kappa shape index (κ2) is 20.2. The molecule has 200 valence electrons. The lowest BCUT2D eigenvalue weighted by atomic mass is 10.1. The molecule has 0 aliphatic heterocycles. The number of ether oxygens (including phenoxy) is 1. The highest BCUT2D eigenvalue weighted by Crippen LogP contribution is 2.38. The molecule has 0 saturated heterocycles. The third-order valence-corrected chi connectivity index (χ3v) is 5.92. The second-order valence-electron chi connectivity index (χ2n) is 9.55. The Morgan fingerprint density at radius 2 is 1.56 bits per heavy atom. The first kappa shape index (κ1) is 33.0. The van der Waals surface area contributed by atoms with Crippen molar-refractivity contribution in [2.45, 2.75) is 83.7 Å².